The van der Waals surface area contributed by atoms with Crippen LogP contribution in [0.25, 0.3) is 0 Å². The van der Waals surface area contributed by atoms with Crippen molar-refractivity contribution >= 4 is 27.3 Å². The summed E-state index contributed by atoms with van der Waals surface area (Å²) in [5, 5.41) is 2.69. The van der Waals surface area contributed by atoms with Gasteiger partial charge < -0.3 is 10.1 Å². The Bertz CT molecular complexity index is 1090. The number of amides is 1. The van der Waals surface area contributed by atoms with Gasteiger partial charge in [-0.25, -0.2) is 12.8 Å². The van der Waals surface area contributed by atoms with Gasteiger partial charge in [-0.05, 0) is 67.1 Å². The van der Waals surface area contributed by atoms with Gasteiger partial charge in [-0.3, -0.25) is 14.5 Å². The fraction of sp³-hybridized carbons (Fsp3) is 0.143. The van der Waals surface area contributed by atoms with Crippen molar-refractivity contribution in [3.8, 4) is 5.75 Å². The van der Waals surface area contributed by atoms with Crippen LogP contribution in [0.4, 0.5) is 15.8 Å². The molecule has 1 aromatic heterocycles. The van der Waals surface area contributed by atoms with Crippen LogP contribution >= 0.6 is 0 Å². The molecule has 0 aliphatic carbocycles. The third-order valence-electron chi connectivity index (χ3n) is 4.10. The van der Waals surface area contributed by atoms with Gasteiger partial charge in [0.1, 0.15) is 11.6 Å². The number of nitrogens with one attached hydrogen (secondary N) is 2. The van der Waals surface area contributed by atoms with Gasteiger partial charge in [0, 0.05) is 11.9 Å². The van der Waals surface area contributed by atoms with E-state index in [1.54, 1.807) is 25.3 Å². The van der Waals surface area contributed by atoms with Crippen molar-refractivity contribution in [1.29, 1.82) is 0 Å². The molecule has 3 aromatic rings. The van der Waals surface area contributed by atoms with Crippen LogP contribution in [0.5, 0.6) is 5.75 Å². The highest BCUT2D eigenvalue weighted by molar-refractivity contribution is 7.92. The molecule has 2 N–H and O–H groups in total. The van der Waals surface area contributed by atoms with Crippen molar-refractivity contribution in [1.82, 2.24) is 4.98 Å². The Morgan fingerprint density at radius 1 is 1.07 bits per heavy atom. The molecule has 3 rings (SSSR count). The number of pyridine rings is 1. The Morgan fingerprint density at radius 2 is 1.77 bits per heavy atom. The molecule has 0 unspecified atom stereocenters. The molecule has 0 bridgehead atoms. The second-order valence-electron chi connectivity index (χ2n) is 6.33. The Morgan fingerprint density at radius 3 is 2.37 bits per heavy atom. The molecular weight excluding hydrogens is 409 g/mol. The molecule has 156 valence electrons. The molecule has 2 aromatic carbocycles. The summed E-state index contributed by atoms with van der Waals surface area (Å²) in [6, 6.07) is 14.3. The summed E-state index contributed by atoms with van der Waals surface area (Å²) in [5.74, 6) is -0.417. The van der Waals surface area contributed by atoms with Gasteiger partial charge in [0.25, 0.3) is 15.9 Å². The van der Waals surface area contributed by atoms with E-state index in [1.165, 1.54) is 54.7 Å². The number of sulfonamides is 1. The van der Waals surface area contributed by atoms with Crippen LogP contribution in [-0.2, 0) is 14.8 Å². The van der Waals surface area contributed by atoms with Crippen molar-refractivity contribution in [2.24, 2.45) is 0 Å². The number of aromatic nitrogens is 1. The molecule has 9 heteroatoms. The molecule has 0 saturated heterocycles. The number of halogens is 1. The summed E-state index contributed by atoms with van der Waals surface area (Å²) in [7, 11) is -3.78. The quantitative estimate of drug-likeness (QED) is 0.567. The largest absolute Gasteiger partial charge is 0.481 e. The standard InChI is InChI=1S/C21H20FN3O4S/c1-2-20(29-18-9-5-15(22)6-10-18)21(26)24-16-7-11-19(12-8-16)30(27,28)25-17-4-3-13-23-14-17/h3-14,20,25H,2H2,1H3,(H,24,26)/t20-/m0/s1. The SMILES string of the molecule is CC[C@H](Oc1ccc(F)cc1)C(=O)Nc1ccc(S(=O)(=O)Nc2cccnc2)cc1. The predicted molar refractivity (Wildman–Crippen MR) is 111 cm³/mol. The lowest BCUT2D eigenvalue weighted by Crippen LogP contribution is -2.32. The number of hydrogen-bond donors (Lipinski definition) is 2. The topological polar surface area (TPSA) is 97.4 Å². The number of rotatable bonds is 8. The second-order valence-corrected chi connectivity index (χ2v) is 8.01. The van der Waals surface area contributed by atoms with Gasteiger partial charge >= 0.3 is 0 Å². The van der Waals surface area contributed by atoms with E-state index >= 15 is 0 Å². The van der Waals surface area contributed by atoms with Crippen LogP contribution in [-0.4, -0.2) is 25.4 Å². The van der Waals surface area contributed by atoms with Crippen molar-refractivity contribution < 1.29 is 22.3 Å². The number of carbonyl (C=O) groups excluding carboxylic acids is 1. The van der Waals surface area contributed by atoms with Crippen LogP contribution in [0, 0.1) is 5.82 Å². The lowest BCUT2D eigenvalue weighted by atomic mass is 10.2. The fourth-order valence-corrected chi connectivity index (χ4v) is 3.62. The minimum atomic E-state index is -3.78. The zero-order valence-electron chi connectivity index (χ0n) is 16.1. The van der Waals surface area contributed by atoms with E-state index in [1.807, 2.05) is 0 Å². The Kier molecular flexibility index (Phi) is 6.63. The van der Waals surface area contributed by atoms with Gasteiger partial charge in [0.2, 0.25) is 0 Å². The lowest BCUT2D eigenvalue weighted by molar-refractivity contribution is -0.122. The molecule has 7 nitrogen and oxygen atoms in total. The Balaban J connectivity index is 1.65. The highest BCUT2D eigenvalue weighted by atomic mass is 32.2. The first-order valence-electron chi connectivity index (χ1n) is 9.13. The second kappa shape index (κ2) is 9.36. The van der Waals surface area contributed by atoms with Gasteiger partial charge in [0.05, 0.1) is 16.8 Å². The maximum Gasteiger partial charge on any atom is 0.265 e. The Hall–Kier alpha value is -3.46. The van der Waals surface area contributed by atoms with Gasteiger partial charge in [-0.2, -0.15) is 0 Å². The summed E-state index contributed by atoms with van der Waals surface area (Å²) in [4.78, 5) is 16.4. The first kappa shape index (κ1) is 21.3. The van der Waals surface area contributed by atoms with Crippen molar-refractivity contribution in [3.63, 3.8) is 0 Å². The van der Waals surface area contributed by atoms with Crippen molar-refractivity contribution in [2.75, 3.05) is 10.0 Å². The molecule has 0 fully saturated rings. The van der Waals surface area contributed by atoms with Gasteiger partial charge in [0.15, 0.2) is 6.10 Å². The highest BCUT2D eigenvalue weighted by Gasteiger charge is 2.19. The van der Waals surface area contributed by atoms with E-state index in [2.05, 4.69) is 15.0 Å². The van der Waals surface area contributed by atoms with Crippen LogP contribution < -0.4 is 14.8 Å². The van der Waals surface area contributed by atoms with Crippen LogP contribution in [0.2, 0.25) is 0 Å². The molecule has 1 amide bonds. The number of carbonyl (C=O) groups is 1. The number of benzene rings is 2. The third kappa shape index (κ3) is 5.54. The number of anilines is 2. The molecule has 0 spiro atoms. The first-order valence-corrected chi connectivity index (χ1v) is 10.6. The van der Waals surface area contributed by atoms with Gasteiger partial charge in [-0.15, -0.1) is 0 Å². The summed E-state index contributed by atoms with van der Waals surface area (Å²) in [5.41, 5.74) is 0.764. The molecular formula is C21H20FN3O4S. The van der Waals surface area contributed by atoms with Gasteiger partial charge in [-0.1, -0.05) is 6.92 Å². The van der Waals surface area contributed by atoms with E-state index in [9.17, 15) is 17.6 Å². The highest BCUT2D eigenvalue weighted by Crippen LogP contribution is 2.19. The molecule has 0 radical (unpaired) electrons. The van der Waals surface area contributed by atoms with E-state index in [0.717, 1.165) is 0 Å². The maximum absolute atomic E-state index is 13.0. The predicted octanol–water partition coefficient (Wildman–Crippen LogP) is 3.82. The molecule has 30 heavy (non-hydrogen) atoms. The van der Waals surface area contributed by atoms with Crippen LogP contribution in [0.1, 0.15) is 13.3 Å². The minimum Gasteiger partial charge on any atom is -0.481 e. The average molecular weight is 429 g/mol. The zero-order chi connectivity index (χ0) is 21.6. The average Bonchev–Trinajstić information content (AvgIpc) is 2.74. The van der Waals surface area contributed by atoms with E-state index < -0.39 is 27.9 Å². The number of nitrogens with zero attached hydrogens (tertiary/aromatic N) is 1. The zero-order valence-corrected chi connectivity index (χ0v) is 16.9. The fourth-order valence-electron chi connectivity index (χ4n) is 2.58. The monoisotopic (exact) mass is 429 g/mol. The molecule has 0 saturated carbocycles. The third-order valence-corrected chi connectivity index (χ3v) is 5.50. The van der Waals surface area contributed by atoms with Crippen molar-refractivity contribution in [2.45, 2.75) is 24.3 Å². The maximum atomic E-state index is 13.0. The van der Waals surface area contributed by atoms with E-state index in [-0.39, 0.29) is 4.90 Å². The first-order chi connectivity index (χ1) is 14.4. The molecule has 0 aliphatic heterocycles. The summed E-state index contributed by atoms with van der Waals surface area (Å²) in [6.07, 6.45) is 2.55. The molecule has 1 heterocycles. The van der Waals surface area contributed by atoms with E-state index in [4.69, 9.17) is 4.74 Å². The smallest absolute Gasteiger partial charge is 0.265 e. The minimum absolute atomic E-state index is 0.0407. The summed E-state index contributed by atoms with van der Waals surface area (Å²) >= 11 is 0. The van der Waals surface area contributed by atoms with Crippen molar-refractivity contribution in [3.05, 3.63) is 78.9 Å². The van der Waals surface area contributed by atoms with Crippen LogP contribution in [0.15, 0.2) is 78.0 Å². The van der Waals surface area contributed by atoms with E-state index in [0.29, 0.717) is 23.5 Å². The summed E-state index contributed by atoms with van der Waals surface area (Å²) < 4.78 is 45.9. The number of hydrogen-bond acceptors (Lipinski definition) is 5. The molecule has 1 atom stereocenters. The molecule has 0 aliphatic rings. The lowest BCUT2D eigenvalue weighted by Gasteiger charge is -2.17. The Labute approximate surface area is 174 Å². The number of ether oxygens (including phenoxy) is 1. The normalized spacial score (nSPS) is 12.1. The summed E-state index contributed by atoms with van der Waals surface area (Å²) in [6.45, 7) is 1.79. The van der Waals surface area contributed by atoms with Crippen LogP contribution in [0.3, 0.4) is 0 Å².